The Balaban J connectivity index is 3.08. The molecule has 0 spiro atoms. The summed E-state index contributed by atoms with van der Waals surface area (Å²) in [6, 6.07) is 7.78. The molecule has 0 bridgehead atoms. The third kappa shape index (κ3) is 1.50. The van der Waals surface area contributed by atoms with Gasteiger partial charge in [0.15, 0.2) is 0 Å². The lowest BCUT2D eigenvalue weighted by Gasteiger charge is -2.12. The fourth-order valence-electron chi connectivity index (χ4n) is 0.985. The van der Waals surface area contributed by atoms with Crippen molar-refractivity contribution >= 4 is 19.1 Å². The smallest absolute Gasteiger partial charge is 0.0885 e. The van der Waals surface area contributed by atoms with E-state index >= 15 is 0 Å². The number of hydrazone groups is 2. The van der Waals surface area contributed by atoms with Gasteiger partial charge in [-0.1, -0.05) is 18.2 Å². The molecule has 3 nitrogen and oxygen atoms in total. The van der Waals surface area contributed by atoms with Crippen LogP contribution in [0.25, 0.3) is 0 Å². The number of benzene rings is 1. The molecule has 1 aromatic carbocycles. The predicted molar refractivity (Wildman–Crippen MR) is 52.8 cm³/mol. The maximum atomic E-state index is 3.69. The molecule has 0 amide bonds. The molecule has 1 aromatic rings. The highest BCUT2D eigenvalue weighted by atomic mass is 15.6. The van der Waals surface area contributed by atoms with E-state index in [1.165, 1.54) is 5.12 Å². The minimum absolute atomic E-state index is 0.905. The molecule has 0 aromatic heterocycles. The van der Waals surface area contributed by atoms with E-state index in [4.69, 9.17) is 0 Å². The van der Waals surface area contributed by atoms with Crippen LogP contribution in [-0.4, -0.2) is 13.4 Å². The Kier molecular flexibility index (Phi) is 2.58. The zero-order valence-electron chi connectivity index (χ0n) is 7.07. The zero-order chi connectivity index (χ0) is 8.97. The third-order valence-electron chi connectivity index (χ3n) is 1.60. The highest BCUT2D eigenvalue weighted by Gasteiger charge is 2.02. The van der Waals surface area contributed by atoms with Crippen LogP contribution in [0.1, 0.15) is 5.56 Å². The quantitative estimate of drug-likeness (QED) is 0.492. The second-order valence-electron chi connectivity index (χ2n) is 2.36. The average molecular weight is 161 g/mol. The molecule has 1 rings (SSSR count). The van der Waals surface area contributed by atoms with Gasteiger partial charge >= 0.3 is 0 Å². The summed E-state index contributed by atoms with van der Waals surface area (Å²) < 4.78 is 0. The van der Waals surface area contributed by atoms with Crippen molar-refractivity contribution in [2.75, 3.05) is 5.12 Å². The minimum Gasteiger partial charge on any atom is -0.167 e. The predicted octanol–water partition coefficient (Wildman–Crippen LogP) is 2.03. The first-order valence-corrected chi connectivity index (χ1v) is 3.58. The van der Waals surface area contributed by atoms with E-state index in [0.717, 1.165) is 11.3 Å². The lowest BCUT2D eigenvalue weighted by molar-refractivity contribution is 0.938. The van der Waals surface area contributed by atoms with E-state index < -0.39 is 0 Å². The Morgan fingerprint density at radius 1 is 1.17 bits per heavy atom. The van der Waals surface area contributed by atoms with E-state index in [1.807, 2.05) is 31.2 Å². The number of aryl methyl sites for hydroxylation is 1. The van der Waals surface area contributed by atoms with Crippen LogP contribution < -0.4 is 5.12 Å². The zero-order valence-corrected chi connectivity index (χ0v) is 7.07. The van der Waals surface area contributed by atoms with E-state index in [2.05, 4.69) is 23.6 Å². The standard InChI is InChI=1S/C9H11N3/c1-8-6-4-5-7-9(8)12(10-2)11-3/h4-7H,2-3H2,1H3. The highest BCUT2D eigenvalue weighted by Crippen LogP contribution is 2.18. The molecule has 0 fully saturated rings. The summed E-state index contributed by atoms with van der Waals surface area (Å²) >= 11 is 0. The van der Waals surface area contributed by atoms with Crippen LogP contribution in [0.4, 0.5) is 5.69 Å². The van der Waals surface area contributed by atoms with Gasteiger partial charge in [0.2, 0.25) is 0 Å². The molecule has 0 aliphatic rings. The molecule has 0 aliphatic carbocycles. The maximum absolute atomic E-state index is 3.69. The first-order valence-electron chi connectivity index (χ1n) is 3.58. The molecule has 3 heteroatoms. The van der Waals surface area contributed by atoms with Gasteiger partial charge in [0.1, 0.15) is 0 Å². The number of hydrogen-bond acceptors (Lipinski definition) is 3. The van der Waals surface area contributed by atoms with Crippen LogP contribution in [0.3, 0.4) is 0 Å². The van der Waals surface area contributed by atoms with E-state index in [-0.39, 0.29) is 0 Å². The summed E-state index contributed by atoms with van der Waals surface area (Å²) in [5, 5.41) is 8.78. The van der Waals surface area contributed by atoms with Crippen molar-refractivity contribution in [2.24, 2.45) is 10.2 Å². The summed E-state index contributed by atoms with van der Waals surface area (Å²) in [5.41, 5.74) is 2.00. The van der Waals surface area contributed by atoms with Crippen LogP contribution in [0.2, 0.25) is 0 Å². The number of anilines is 1. The van der Waals surface area contributed by atoms with E-state index in [9.17, 15) is 0 Å². The van der Waals surface area contributed by atoms with Gasteiger partial charge in [0.25, 0.3) is 0 Å². The van der Waals surface area contributed by atoms with Crippen molar-refractivity contribution in [3.05, 3.63) is 29.8 Å². The molecule has 0 saturated carbocycles. The summed E-state index contributed by atoms with van der Waals surface area (Å²) in [6.45, 7) is 8.77. The molecular formula is C9H11N3. The van der Waals surface area contributed by atoms with E-state index in [1.54, 1.807) is 0 Å². The van der Waals surface area contributed by atoms with E-state index in [0.29, 0.717) is 0 Å². The van der Waals surface area contributed by atoms with Crippen LogP contribution in [0.15, 0.2) is 34.5 Å². The molecule has 0 aliphatic heterocycles. The monoisotopic (exact) mass is 161 g/mol. The molecule has 12 heavy (non-hydrogen) atoms. The van der Waals surface area contributed by atoms with Gasteiger partial charge in [-0.25, -0.2) is 0 Å². The Bertz CT molecular complexity index is 286. The van der Waals surface area contributed by atoms with Crippen molar-refractivity contribution in [1.29, 1.82) is 0 Å². The summed E-state index contributed by atoms with van der Waals surface area (Å²) in [5.74, 6) is 0. The summed E-state index contributed by atoms with van der Waals surface area (Å²) in [7, 11) is 0. The molecule has 62 valence electrons. The fourth-order valence-corrected chi connectivity index (χ4v) is 0.985. The van der Waals surface area contributed by atoms with Gasteiger partial charge in [0, 0.05) is 13.4 Å². The van der Waals surface area contributed by atoms with Gasteiger partial charge in [-0.3, -0.25) is 0 Å². The maximum Gasteiger partial charge on any atom is 0.0885 e. The van der Waals surface area contributed by atoms with Crippen LogP contribution in [-0.2, 0) is 0 Å². The molecular weight excluding hydrogens is 150 g/mol. The normalized spacial score (nSPS) is 9.08. The topological polar surface area (TPSA) is 28.0 Å². The van der Waals surface area contributed by atoms with Crippen molar-refractivity contribution in [3.63, 3.8) is 0 Å². The Hall–Kier alpha value is -1.64. The first kappa shape index (κ1) is 8.46. The van der Waals surface area contributed by atoms with Crippen molar-refractivity contribution in [2.45, 2.75) is 6.92 Å². The van der Waals surface area contributed by atoms with Crippen LogP contribution in [0.5, 0.6) is 0 Å². The molecule has 0 radical (unpaired) electrons. The molecule has 0 atom stereocenters. The van der Waals surface area contributed by atoms with Gasteiger partial charge in [-0.15, -0.1) is 0 Å². The lowest BCUT2D eigenvalue weighted by atomic mass is 10.2. The van der Waals surface area contributed by atoms with Crippen molar-refractivity contribution in [1.82, 2.24) is 0 Å². The van der Waals surface area contributed by atoms with Crippen LogP contribution >= 0.6 is 0 Å². The largest absolute Gasteiger partial charge is 0.167 e. The Morgan fingerprint density at radius 3 is 2.25 bits per heavy atom. The SMILES string of the molecule is C=NN(N=C)c1ccccc1C. The number of hydrogen-bond donors (Lipinski definition) is 0. The lowest BCUT2D eigenvalue weighted by Crippen LogP contribution is -2.06. The van der Waals surface area contributed by atoms with Crippen molar-refractivity contribution in [3.8, 4) is 0 Å². The molecule has 0 heterocycles. The van der Waals surface area contributed by atoms with Gasteiger partial charge < -0.3 is 0 Å². The highest BCUT2D eigenvalue weighted by molar-refractivity contribution is 5.54. The Labute approximate surface area is 72.0 Å². The first-order chi connectivity index (χ1) is 5.79. The summed E-state index contributed by atoms with van der Waals surface area (Å²) in [4.78, 5) is 0. The minimum atomic E-state index is 0.905. The van der Waals surface area contributed by atoms with Gasteiger partial charge in [-0.05, 0) is 18.6 Å². The number of para-hydroxylation sites is 1. The Morgan fingerprint density at radius 2 is 1.75 bits per heavy atom. The van der Waals surface area contributed by atoms with Crippen LogP contribution in [0, 0.1) is 6.92 Å². The third-order valence-corrected chi connectivity index (χ3v) is 1.60. The fraction of sp³-hybridized carbons (Fsp3) is 0.111. The summed E-state index contributed by atoms with van der Waals surface area (Å²) in [6.07, 6.45) is 0. The molecule has 0 unspecified atom stereocenters. The molecule has 0 saturated heterocycles. The van der Waals surface area contributed by atoms with Gasteiger partial charge in [-0.2, -0.15) is 15.3 Å². The average Bonchev–Trinajstić information content (AvgIpc) is 2.10. The second kappa shape index (κ2) is 3.67. The number of nitrogens with zero attached hydrogens (tertiary/aromatic N) is 3. The van der Waals surface area contributed by atoms with Crippen molar-refractivity contribution < 1.29 is 0 Å². The van der Waals surface area contributed by atoms with Gasteiger partial charge in [0.05, 0.1) is 5.69 Å². The second-order valence-corrected chi connectivity index (χ2v) is 2.36. The number of rotatable bonds is 3. The molecule has 0 N–H and O–H groups in total.